The molecular formula is C22H28N2O5S. The molecule has 0 spiro atoms. The van der Waals surface area contributed by atoms with Crippen LogP contribution in [0.25, 0.3) is 0 Å². The fourth-order valence-corrected chi connectivity index (χ4v) is 5.04. The average Bonchev–Trinajstić information content (AvgIpc) is 2.79. The Morgan fingerprint density at radius 3 is 2.13 bits per heavy atom. The Hall–Kier alpha value is -2.58. The van der Waals surface area contributed by atoms with Crippen molar-refractivity contribution >= 4 is 21.6 Å². The number of methoxy groups -OCH3 is 1. The van der Waals surface area contributed by atoms with Crippen molar-refractivity contribution in [3.05, 3.63) is 48.5 Å². The first-order valence-electron chi connectivity index (χ1n) is 10.0. The van der Waals surface area contributed by atoms with E-state index in [1.807, 2.05) is 31.2 Å². The van der Waals surface area contributed by atoms with E-state index >= 15 is 0 Å². The Morgan fingerprint density at radius 2 is 1.60 bits per heavy atom. The number of amides is 1. The minimum atomic E-state index is -3.58. The zero-order valence-corrected chi connectivity index (χ0v) is 18.4. The topological polar surface area (TPSA) is 76.2 Å². The number of rotatable bonds is 7. The Morgan fingerprint density at radius 1 is 1.03 bits per heavy atom. The van der Waals surface area contributed by atoms with Crippen molar-refractivity contribution in [2.24, 2.45) is 5.92 Å². The van der Waals surface area contributed by atoms with E-state index in [0.717, 1.165) is 11.4 Å². The van der Waals surface area contributed by atoms with Crippen molar-refractivity contribution in [3.63, 3.8) is 0 Å². The van der Waals surface area contributed by atoms with Gasteiger partial charge in [0.15, 0.2) is 0 Å². The molecule has 8 heteroatoms. The minimum Gasteiger partial charge on any atom is -0.497 e. The molecule has 0 saturated carbocycles. The monoisotopic (exact) mass is 432 g/mol. The zero-order chi connectivity index (χ0) is 21.7. The van der Waals surface area contributed by atoms with Crippen molar-refractivity contribution in [1.82, 2.24) is 4.31 Å². The third-order valence-electron chi connectivity index (χ3n) is 5.37. The number of carbonyl (C=O) groups excluding carboxylic acids is 1. The summed E-state index contributed by atoms with van der Waals surface area (Å²) < 4.78 is 37.8. The smallest absolute Gasteiger partial charge is 0.243 e. The fraction of sp³-hybridized carbons (Fsp3) is 0.409. The van der Waals surface area contributed by atoms with Gasteiger partial charge in [0.05, 0.1) is 18.6 Å². The van der Waals surface area contributed by atoms with Crippen LogP contribution in [0.15, 0.2) is 53.4 Å². The van der Waals surface area contributed by atoms with Crippen LogP contribution in [-0.2, 0) is 14.8 Å². The van der Waals surface area contributed by atoms with Gasteiger partial charge >= 0.3 is 0 Å². The number of piperidine rings is 1. The number of hydrogen-bond acceptors (Lipinski definition) is 5. The average molecular weight is 433 g/mol. The molecule has 0 unspecified atom stereocenters. The summed E-state index contributed by atoms with van der Waals surface area (Å²) in [5.41, 5.74) is 0.783. The van der Waals surface area contributed by atoms with Gasteiger partial charge in [0.1, 0.15) is 11.5 Å². The molecule has 7 nitrogen and oxygen atoms in total. The van der Waals surface area contributed by atoms with Crippen LogP contribution >= 0.6 is 0 Å². The number of hydrogen-bond donors (Lipinski definition) is 0. The van der Waals surface area contributed by atoms with E-state index in [-0.39, 0.29) is 16.7 Å². The molecule has 1 amide bonds. The largest absolute Gasteiger partial charge is 0.497 e. The van der Waals surface area contributed by atoms with Crippen LogP contribution in [0, 0.1) is 5.92 Å². The van der Waals surface area contributed by atoms with Crippen LogP contribution in [-0.4, -0.2) is 52.5 Å². The van der Waals surface area contributed by atoms with Gasteiger partial charge in [-0.1, -0.05) is 0 Å². The Balaban J connectivity index is 1.62. The molecule has 0 aromatic heterocycles. The summed E-state index contributed by atoms with van der Waals surface area (Å²) in [5.74, 6) is 1.16. The molecule has 0 bridgehead atoms. The van der Waals surface area contributed by atoms with Crippen LogP contribution in [0.2, 0.25) is 0 Å². The highest BCUT2D eigenvalue weighted by molar-refractivity contribution is 7.89. The van der Waals surface area contributed by atoms with Crippen LogP contribution in [0.5, 0.6) is 11.5 Å². The molecule has 0 N–H and O–H groups in total. The highest BCUT2D eigenvalue weighted by Gasteiger charge is 2.33. The van der Waals surface area contributed by atoms with Gasteiger partial charge in [-0.05, 0) is 68.3 Å². The van der Waals surface area contributed by atoms with Gasteiger partial charge in [-0.15, -0.1) is 0 Å². The Labute approximate surface area is 178 Å². The van der Waals surface area contributed by atoms with E-state index in [9.17, 15) is 13.2 Å². The summed E-state index contributed by atoms with van der Waals surface area (Å²) in [5, 5.41) is 0. The van der Waals surface area contributed by atoms with Gasteiger partial charge < -0.3 is 14.4 Å². The molecule has 0 aliphatic carbocycles. The third kappa shape index (κ3) is 4.76. The molecule has 30 heavy (non-hydrogen) atoms. The summed E-state index contributed by atoms with van der Waals surface area (Å²) in [6.45, 7) is 3.05. The minimum absolute atomic E-state index is 0.00159. The molecule has 1 aliphatic rings. The molecule has 1 saturated heterocycles. The highest BCUT2D eigenvalue weighted by atomic mass is 32.2. The second-order valence-electron chi connectivity index (χ2n) is 7.18. The van der Waals surface area contributed by atoms with Gasteiger partial charge in [-0.25, -0.2) is 8.42 Å². The van der Waals surface area contributed by atoms with E-state index in [1.54, 1.807) is 43.3 Å². The normalized spacial score (nSPS) is 15.6. The maximum atomic E-state index is 12.9. The molecule has 1 aliphatic heterocycles. The zero-order valence-electron chi connectivity index (χ0n) is 17.6. The summed E-state index contributed by atoms with van der Waals surface area (Å²) in [7, 11) is -0.244. The van der Waals surface area contributed by atoms with E-state index in [1.165, 1.54) is 4.31 Å². The first-order valence-corrected chi connectivity index (χ1v) is 11.5. The molecule has 0 radical (unpaired) electrons. The molecule has 2 aromatic rings. The van der Waals surface area contributed by atoms with Gasteiger partial charge in [0.25, 0.3) is 0 Å². The van der Waals surface area contributed by atoms with E-state index in [2.05, 4.69) is 0 Å². The molecule has 2 aromatic carbocycles. The van der Waals surface area contributed by atoms with Gasteiger partial charge in [-0.3, -0.25) is 4.79 Å². The predicted octanol–water partition coefficient (Wildman–Crippen LogP) is 3.16. The summed E-state index contributed by atoms with van der Waals surface area (Å²) in [6, 6.07) is 13.7. The van der Waals surface area contributed by atoms with Gasteiger partial charge in [-0.2, -0.15) is 4.31 Å². The number of anilines is 1. The number of benzene rings is 2. The summed E-state index contributed by atoms with van der Waals surface area (Å²) in [4.78, 5) is 14.8. The Kier molecular flexibility index (Phi) is 6.99. The number of sulfonamides is 1. The number of nitrogens with zero attached hydrogens (tertiary/aromatic N) is 2. The lowest BCUT2D eigenvalue weighted by Gasteiger charge is -2.32. The summed E-state index contributed by atoms with van der Waals surface area (Å²) in [6.07, 6.45) is 0.991. The third-order valence-corrected chi connectivity index (χ3v) is 7.28. The van der Waals surface area contributed by atoms with Crippen LogP contribution in [0.3, 0.4) is 0 Å². The van der Waals surface area contributed by atoms with Crippen LogP contribution in [0.4, 0.5) is 5.69 Å². The molecule has 162 valence electrons. The number of carbonyl (C=O) groups is 1. The fourth-order valence-electron chi connectivity index (χ4n) is 3.57. The predicted molar refractivity (Wildman–Crippen MR) is 115 cm³/mol. The van der Waals surface area contributed by atoms with Crippen molar-refractivity contribution < 1.29 is 22.7 Å². The van der Waals surface area contributed by atoms with Gasteiger partial charge in [0.2, 0.25) is 15.9 Å². The van der Waals surface area contributed by atoms with Crippen molar-refractivity contribution in [1.29, 1.82) is 0 Å². The van der Waals surface area contributed by atoms with Crippen LogP contribution in [0.1, 0.15) is 19.8 Å². The molecule has 1 heterocycles. The molecule has 3 rings (SSSR count). The van der Waals surface area contributed by atoms with Crippen molar-refractivity contribution in [3.8, 4) is 11.5 Å². The highest BCUT2D eigenvalue weighted by Crippen LogP contribution is 2.28. The second-order valence-corrected chi connectivity index (χ2v) is 9.12. The molecular weight excluding hydrogens is 404 g/mol. The maximum absolute atomic E-state index is 12.9. The quantitative estimate of drug-likeness (QED) is 0.672. The molecule has 1 fully saturated rings. The first kappa shape index (κ1) is 22.1. The van der Waals surface area contributed by atoms with Crippen LogP contribution < -0.4 is 14.4 Å². The van der Waals surface area contributed by atoms with Crippen molar-refractivity contribution in [2.45, 2.75) is 24.7 Å². The lowest BCUT2D eigenvalue weighted by Crippen LogP contribution is -2.43. The maximum Gasteiger partial charge on any atom is 0.243 e. The van der Waals surface area contributed by atoms with E-state index < -0.39 is 10.0 Å². The lowest BCUT2D eigenvalue weighted by molar-refractivity contribution is -0.123. The standard InChI is InChI=1S/C22H28N2O5S/c1-4-29-20-9-11-21(12-10-20)30(26,27)24-15-13-17(14-16-24)22(25)23(2)18-5-7-19(28-3)8-6-18/h5-12,17H,4,13-16H2,1-3H3. The lowest BCUT2D eigenvalue weighted by atomic mass is 9.96. The number of ether oxygens (including phenoxy) is 2. The van der Waals surface area contributed by atoms with E-state index in [4.69, 9.17) is 9.47 Å². The Bertz CT molecular complexity index is 950. The second kappa shape index (κ2) is 9.49. The SMILES string of the molecule is CCOc1ccc(S(=O)(=O)N2CCC(C(=O)N(C)c3ccc(OC)cc3)CC2)cc1. The van der Waals surface area contributed by atoms with Crippen molar-refractivity contribution in [2.75, 3.05) is 38.8 Å². The molecule has 0 atom stereocenters. The van der Waals surface area contributed by atoms with Gasteiger partial charge in [0, 0.05) is 31.7 Å². The first-order chi connectivity index (χ1) is 14.4. The van der Waals surface area contributed by atoms with E-state index in [0.29, 0.717) is 38.3 Å². The summed E-state index contributed by atoms with van der Waals surface area (Å²) >= 11 is 0.